The van der Waals surface area contributed by atoms with Crippen molar-refractivity contribution in [3.63, 3.8) is 0 Å². The topological polar surface area (TPSA) is 79.8 Å². The fourth-order valence-electron chi connectivity index (χ4n) is 2.34. The van der Waals surface area contributed by atoms with Gasteiger partial charge in [-0.05, 0) is 29.8 Å². The Hall–Kier alpha value is -3.26. The Bertz CT molecular complexity index is 897. The highest BCUT2D eigenvalue weighted by Gasteiger charge is 2.19. The summed E-state index contributed by atoms with van der Waals surface area (Å²) in [6.45, 7) is 0. The van der Waals surface area contributed by atoms with E-state index in [-0.39, 0.29) is 5.69 Å². The van der Waals surface area contributed by atoms with E-state index in [2.05, 4.69) is 4.98 Å². The molecule has 0 aliphatic heterocycles. The third kappa shape index (κ3) is 2.19. The fraction of sp³-hybridized carbons (Fsp3) is 0. The fourth-order valence-corrected chi connectivity index (χ4v) is 2.34. The van der Waals surface area contributed by atoms with Crippen LogP contribution in [0.5, 0.6) is 0 Å². The first-order valence-corrected chi connectivity index (χ1v) is 6.22. The highest BCUT2D eigenvalue weighted by atomic mass is 16.6. The lowest BCUT2D eigenvalue weighted by molar-refractivity contribution is -0.382. The lowest BCUT2D eigenvalue weighted by atomic mass is 9.98. The second-order valence-electron chi connectivity index (χ2n) is 4.51. The monoisotopic (exact) mass is 275 g/mol. The number of nitro benzene ring substituents is 1. The van der Waals surface area contributed by atoms with E-state index in [1.165, 1.54) is 6.20 Å². The molecule has 0 bridgehead atoms. The van der Waals surface area contributed by atoms with Gasteiger partial charge in [-0.3, -0.25) is 15.1 Å². The third-order valence-corrected chi connectivity index (χ3v) is 3.28. The van der Waals surface area contributed by atoms with Crippen molar-refractivity contribution in [1.82, 2.24) is 4.98 Å². The predicted octanol–water partition coefficient (Wildman–Crippen LogP) is 3.68. The Morgan fingerprint density at radius 3 is 2.81 bits per heavy atom. The summed E-state index contributed by atoms with van der Waals surface area (Å²) in [5.74, 6) is 0. The van der Waals surface area contributed by atoms with E-state index in [0.717, 1.165) is 0 Å². The van der Waals surface area contributed by atoms with E-state index < -0.39 is 4.92 Å². The summed E-state index contributed by atoms with van der Waals surface area (Å²) in [6, 6.07) is 14.0. The maximum absolute atomic E-state index is 11.5. The van der Waals surface area contributed by atoms with Crippen molar-refractivity contribution in [2.45, 2.75) is 0 Å². The van der Waals surface area contributed by atoms with Gasteiger partial charge in [-0.1, -0.05) is 18.2 Å². The largest absolute Gasteiger partial charge is 0.285 e. The van der Waals surface area contributed by atoms with Gasteiger partial charge in [0.15, 0.2) is 0 Å². The molecule has 3 aromatic rings. The van der Waals surface area contributed by atoms with Crippen LogP contribution in [-0.2, 0) is 0 Å². The molecule has 1 aromatic heterocycles. The molecule has 0 saturated carbocycles. The van der Waals surface area contributed by atoms with Crippen molar-refractivity contribution >= 4 is 16.5 Å². The smallest absolute Gasteiger partial charge is 0.264 e. The number of rotatable bonds is 2. The zero-order valence-corrected chi connectivity index (χ0v) is 10.9. The Kier molecular flexibility index (Phi) is 3.05. The number of benzene rings is 2. The molecular formula is C16H9N3O2. The van der Waals surface area contributed by atoms with Gasteiger partial charge in [0.25, 0.3) is 5.69 Å². The van der Waals surface area contributed by atoms with Crippen LogP contribution in [0, 0.1) is 21.4 Å². The van der Waals surface area contributed by atoms with Crippen molar-refractivity contribution in [1.29, 1.82) is 5.26 Å². The van der Waals surface area contributed by atoms with Gasteiger partial charge in [0.2, 0.25) is 0 Å². The van der Waals surface area contributed by atoms with Crippen LogP contribution in [0.25, 0.3) is 21.9 Å². The second kappa shape index (κ2) is 5.02. The van der Waals surface area contributed by atoms with Gasteiger partial charge in [0.05, 0.1) is 27.5 Å². The van der Waals surface area contributed by atoms with Crippen molar-refractivity contribution < 1.29 is 4.92 Å². The Morgan fingerprint density at radius 2 is 2.05 bits per heavy atom. The van der Waals surface area contributed by atoms with Gasteiger partial charge in [0, 0.05) is 17.8 Å². The minimum absolute atomic E-state index is 0.0324. The quantitative estimate of drug-likeness (QED) is 0.527. The summed E-state index contributed by atoms with van der Waals surface area (Å²) in [6.07, 6.45) is 3.13. The molecule has 1 heterocycles. The lowest BCUT2D eigenvalue weighted by Crippen LogP contribution is -1.94. The maximum Gasteiger partial charge on any atom is 0.285 e. The number of nitrogens with zero attached hydrogens (tertiary/aromatic N) is 3. The van der Waals surface area contributed by atoms with Crippen LogP contribution >= 0.6 is 0 Å². The average molecular weight is 275 g/mol. The van der Waals surface area contributed by atoms with Crippen LogP contribution in [0.15, 0.2) is 54.9 Å². The number of hydrogen-bond acceptors (Lipinski definition) is 4. The van der Waals surface area contributed by atoms with E-state index in [1.807, 2.05) is 6.07 Å². The first kappa shape index (κ1) is 12.8. The minimum Gasteiger partial charge on any atom is -0.264 e. The van der Waals surface area contributed by atoms with Gasteiger partial charge in [0.1, 0.15) is 0 Å². The van der Waals surface area contributed by atoms with Crippen LogP contribution in [0.1, 0.15) is 5.56 Å². The molecule has 5 heteroatoms. The summed E-state index contributed by atoms with van der Waals surface area (Å²) >= 11 is 0. The van der Waals surface area contributed by atoms with Crippen molar-refractivity contribution in [3.8, 4) is 17.2 Å². The van der Waals surface area contributed by atoms with E-state index in [4.69, 9.17) is 5.26 Å². The van der Waals surface area contributed by atoms with Gasteiger partial charge >= 0.3 is 0 Å². The zero-order chi connectivity index (χ0) is 14.8. The minimum atomic E-state index is -0.392. The standard InChI is InChI=1S/C16H9N3O2/c17-9-11-2-1-3-12(8-11)14-5-4-13-10-18-7-6-15(13)16(14)19(20)21/h1-8,10H. The molecule has 3 rings (SSSR count). The highest BCUT2D eigenvalue weighted by Crippen LogP contribution is 2.36. The third-order valence-electron chi connectivity index (χ3n) is 3.28. The molecule has 0 aliphatic carbocycles. The molecule has 5 nitrogen and oxygen atoms in total. The first-order chi connectivity index (χ1) is 10.2. The maximum atomic E-state index is 11.5. The molecule has 0 atom stereocenters. The van der Waals surface area contributed by atoms with Crippen molar-refractivity contribution in [2.24, 2.45) is 0 Å². The van der Waals surface area contributed by atoms with Crippen LogP contribution < -0.4 is 0 Å². The molecule has 100 valence electrons. The lowest BCUT2D eigenvalue weighted by Gasteiger charge is -2.06. The van der Waals surface area contributed by atoms with Gasteiger partial charge in [-0.25, -0.2) is 0 Å². The van der Waals surface area contributed by atoms with Crippen molar-refractivity contribution in [2.75, 3.05) is 0 Å². The van der Waals surface area contributed by atoms with E-state index in [9.17, 15) is 10.1 Å². The van der Waals surface area contributed by atoms with Crippen molar-refractivity contribution in [3.05, 3.63) is 70.5 Å². The molecule has 21 heavy (non-hydrogen) atoms. The Morgan fingerprint density at radius 1 is 1.19 bits per heavy atom. The molecule has 0 aliphatic rings. The number of fused-ring (bicyclic) bond motifs is 1. The van der Waals surface area contributed by atoms with Crippen LogP contribution in [0.3, 0.4) is 0 Å². The number of nitro groups is 1. The summed E-state index contributed by atoms with van der Waals surface area (Å²) in [7, 11) is 0. The molecule has 2 aromatic carbocycles. The molecule has 0 N–H and O–H groups in total. The summed E-state index contributed by atoms with van der Waals surface area (Å²) in [4.78, 5) is 15.1. The Labute approximate surface area is 120 Å². The normalized spacial score (nSPS) is 10.2. The molecular weight excluding hydrogens is 266 g/mol. The number of hydrogen-bond donors (Lipinski definition) is 0. The summed E-state index contributed by atoms with van der Waals surface area (Å²) in [5.41, 5.74) is 1.65. The molecule has 0 amide bonds. The SMILES string of the molecule is N#Cc1cccc(-c2ccc3cnccc3c2[N+](=O)[O-])c1. The van der Waals surface area contributed by atoms with Crippen LogP contribution in [-0.4, -0.2) is 9.91 Å². The number of nitriles is 1. The molecule has 0 spiro atoms. The molecule has 0 saturated heterocycles. The second-order valence-corrected chi connectivity index (χ2v) is 4.51. The summed E-state index contributed by atoms with van der Waals surface area (Å²) < 4.78 is 0. The van der Waals surface area contributed by atoms with Gasteiger partial charge in [-0.2, -0.15) is 5.26 Å². The average Bonchev–Trinajstić information content (AvgIpc) is 2.53. The summed E-state index contributed by atoms with van der Waals surface area (Å²) in [5, 5.41) is 21.7. The highest BCUT2D eigenvalue weighted by molar-refractivity contribution is 5.97. The zero-order valence-electron chi connectivity index (χ0n) is 10.9. The molecule has 0 unspecified atom stereocenters. The predicted molar refractivity (Wildman–Crippen MR) is 78.5 cm³/mol. The Balaban J connectivity index is 2.34. The van der Waals surface area contributed by atoms with Crippen LogP contribution in [0.4, 0.5) is 5.69 Å². The van der Waals surface area contributed by atoms with E-state index in [0.29, 0.717) is 27.5 Å². The number of aromatic nitrogens is 1. The van der Waals surface area contributed by atoms with E-state index >= 15 is 0 Å². The van der Waals surface area contributed by atoms with Gasteiger partial charge < -0.3 is 0 Å². The van der Waals surface area contributed by atoms with E-state index in [1.54, 1.807) is 48.7 Å². The molecule has 0 radical (unpaired) electrons. The number of pyridine rings is 1. The first-order valence-electron chi connectivity index (χ1n) is 6.22. The van der Waals surface area contributed by atoms with Gasteiger partial charge in [-0.15, -0.1) is 0 Å². The molecule has 0 fully saturated rings. The van der Waals surface area contributed by atoms with Crippen LogP contribution in [0.2, 0.25) is 0 Å².